The molecular weight excluding hydrogens is 342 g/mol. The van der Waals surface area contributed by atoms with Crippen LogP contribution in [0.4, 0.5) is 0 Å². The van der Waals surface area contributed by atoms with Crippen molar-refractivity contribution < 1.29 is 9.26 Å². The van der Waals surface area contributed by atoms with Gasteiger partial charge in [0, 0.05) is 26.3 Å². The average Bonchev–Trinajstić information content (AvgIpc) is 3.31. The number of fused-ring (bicyclic) bond motifs is 1. The number of pyridine rings is 1. The van der Waals surface area contributed by atoms with E-state index in [0.717, 1.165) is 17.8 Å². The lowest BCUT2D eigenvalue weighted by atomic mass is 10.1. The Bertz CT molecular complexity index is 982. The van der Waals surface area contributed by atoms with Crippen molar-refractivity contribution in [3.05, 3.63) is 51.9 Å². The Morgan fingerprint density at radius 1 is 1.19 bits per heavy atom. The first-order valence-corrected chi connectivity index (χ1v) is 9.48. The average molecular weight is 367 g/mol. The molecule has 6 nitrogen and oxygen atoms in total. The van der Waals surface area contributed by atoms with E-state index >= 15 is 0 Å². The summed E-state index contributed by atoms with van der Waals surface area (Å²) in [6.07, 6.45) is 2.58. The van der Waals surface area contributed by atoms with Gasteiger partial charge in [0.2, 0.25) is 0 Å². The molecule has 0 atom stereocenters. The molecule has 142 valence electrons. The fourth-order valence-electron chi connectivity index (χ4n) is 3.82. The predicted molar refractivity (Wildman–Crippen MR) is 105 cm³/mol. The number of benzene rings is 1. The zero-order valence-electron chi connectivity index (χ0n) is 15.9. The minimum Gasteiger partial charge on any atom is -0.383 e. The minimum absolute atomic E-state index is 0.0838. The van der Waals surface area contributed by atoms with Gasteiger partial charge >= 0.3 is 0 Å². The van der Waals surface area contributed by atoms with Crippen LogP contribution in [0.1, 0.15) is 24.1 Å². The second-order valence-electron chi connectivity index (χ2n) is 7.17. The van der Waals surface area contributed by atoms with Gasteiger partial charge in [-0.15, -0.1) is 0 Å². The molecule has 0 radical (unpaired) electrons. The molecule has 6 heteroatoms. The minimum atomic E-state index is -0.0838. The van der Waals surface area contributed by atoms with Crippen molar-refractivity contribution in [2.45, 2.75) is 32.9 Å². The molecule has 27 heavy (non-hydrogen) atoms. The third-order valence-electron chi connectivity index (χ3n) is 5.28. The number of likely N-dealkylation sites (tertiary alicyclic amines) is 1. The summed E-state index contributed by atoms with van der Waals surface area (Å²) in [6.45, 7) is 6.09. The lowest BCUT2D eigenvalue weighted by molar-refractivity contribution is 0.187. The topological polar surface area (TPSA) is 60.5 Å². The number of aryl methyl sites for hydroxylation is 1. The second-order valence-corrected chi connectivity index (χ2v) is 7.17. The highest BCUT2D eigenvalue weighted by Crippen LogP contribution is 2.25. The molecular formula is C21H25N3O3. The van der Waals surface area contributed by atoms with E-state index in [0.29, 0.717) is 29.8 Å². The lowest BCUT2D eigenvalue weighted by Crippen LogP contribution is -2.24. The Labute approximate surface area is 158 Å². The molecule has 1 aliphatic rings. The van der Waals surface area contributed by atoms with Gasteiger partial charge in [0.15, 0.2) is 5.58 Å². The Kier molecular flexibility index (Phi) is 5.09. The summed E-state index contributed by atoms with van der Waals surface area (Å²) in [5, 5.41) is 4.50. The van der Waals surface area contributed by atoms with E-state index in [2.05, 4.69) is 34.3 Å². The van der Waals surface area contributed by atoms with Gasteiger partial charge in [-0.1, -0.05) is 29.4 Å². The summed E-state index contributed by atoms with van der Waals surface area (Å²) in [6, 6.07) is 10.4. The van der Waals surface area contributed by atoms with Crippen LogP contribution in [0, 0.1) is 6.92 Å². The highest BCUT2D eigenvalue weighted by atomic mass is 16.5. The third kappa shape index (κ3) is 3.55. The van der Waals surface area contributed by atoms with Crippen LogP contribution >= 0.6 is 0 Å². The van der Waals surface area contributed by atoms with E-state index in [4.69, 9.17) is 9.26 Å². The molecule has 4 rings (SSSR count). The van der Waals surface area contributed by atoms with Crippen molar-refractivity contribution in [2.24, 2.45) is 0 Å². The first-order valence-electron chi connectivity index (χ1n) is 9.48. The molecule has 2 aromatic heterocycles. The van der Waals surface area contributed by atoms with Crippen LogP contribution in [0.15, 0.2) is 39.6 Å². The highest BCUT2D eigenvalue weighted by molar-refractivity contribution is 5.82. The van der Waals surface area contributed by atoms with Crippen molar-refractivity contribution in [3.63, 3.8) is 0 Å². The first kappa shape index (κ1) is 17.9. The van der Waals surface area contributed by atoms with Gasteiger partial charge in [-0.2, -0.15) is 0 Å². The van der Waals surface area contributed by atoms with Crippen LogP contribution in [-0.4, -0.2) is 41.4 Å². The summed E-state index contributed by atoms with van der Waals surface area (Å²) < 4.78 is 12.3. The van der Waals surface area contributed by atoms with Crippen LogP contribution < -0.4 is 5.56 Å². The number of methoxy groups -OCH3 is 1. The smallest absolute Gasteiger partial charge is 0.264 e. The number of aromatic nitrogens is 2. The van der Waals surface area contributed by atoms with Crippen molar-refractivity contribution in [1.29, 1.82) is 0 Å². The van der Waals surface area contributed by atoms with Crippen LogP contribution in [0.2, 0.25) is 0 Å². The maximum atomic E-state index is 13.0. The zero-order chi connectivity index (χ0) is 18.8. The van der Waals surface area contributed by atoms with E-state index < -0.39 is 0 Å². The molecule has 0 unspecified atom stereocenters. The van der Waals surface area contributed by atoms with E-state index in [1.165, 1.54) is 31.5 Å². The molecule has 1 aliphatic heterocycles. The molecule has 1 saturated heterocycles. The molecule has 0 aliphatic carbocycles. The normalized spacial score (nSPS) is 15.0. The quantitative estimate of drug-likeness (QED) is 0.670. The zero-order valence-corrected chi connectivity index (χ0v) is 15.9. The van der Waals surface area contributed by atoms with Crippen LogP contribution in [0.25, 0.3) is 22.2 Å². The summed E-state index contributed by atoms with van der Waals surface area (Å²) in [7, 11) is 1.64. The molecule has 0 bridgehead atoms. The van der Waals surface area contributed by atoms with Crippen molar-refractivity contribution in [3.8, 4) is 11.3 Å². The van der Waals surface area contributed by atoms with Gasteiger partial charge < -0.3 is 13.8 Å². The standard InChI is InChI=1S/C21H25N3O3/c1-15-20-19(27-22-15)13-18(24(21(20)25)11-12-26-2)17-7-5-16(6-8-17)14-23-9-3-4-10-23/h5-8,13H,3-4,9-12,14H2,1-2H3. The molecule has 0 saturated carbocycles. The SMILES string of the molecule is COCCn1c(-c2ccc(CN3CCCC3)cc2)cc2onc(C)c2c1=O. The van der Waals surface area contributed by atoms with Crippen LogP contribution in [0.5, 0.6) is 0 Å². The van der Waals surface area contributed by atoms with E-state index in [9.17, 15) is 4.79 Å². The van der Waals surface area contributed by atoms with Crippen LogP contribution in [0.3, 0.4) is 0 Å². The molecule has 3 aromatic rings. The van der Waals surface area contributed by atoms with Gasteiger partial charge in [0.1, 0.15) is 5.39 Å². The number of rotatable bonds is 6. The Morgan fingerprint density at radius 3 is 2.63 bits per heavy atom. The summed E-state index contributed by atoms with van der Waals surface area (Å²) in [4.78, 5) is 15.5. The Balaban J connectivity index is 1.72. The van der Waals surface area contributed by atoms with E-state index in [1.54, 1.807) is 18.6 Å². The molecule has 0 N–H and O–H groups in total. The summed E-state index contributed by atoms with van der Waals surface area (Å²) in [5.41, 5.74) is 4.18. The molecule has 1 aromatic carbocycles. The second kappa shape index (κ2) is 7.66. The number of hydrogen-bond acceptors (Lipinski definition) is 5. The van der Waals surface area contributed by atoms with Gasteiger partial charge in [-0.25, -0.2) is 0 Å². The predicted octanol–water partition coefficient (Wildman–Crippen LogP) is 3.21. The van der Waals surface area contributed by atoms with Gasteiger partial charge in [-0.05, 0) is 44.0 Å². The van der Waals surface area contributed by atoms with E-state index in [1.807, 2.05) is 6.07 Å². The third-order valence-corrected chi connectivity index (χ3v) is 5.28. The monoisotopic (exact) mass is 367 g/mol. The summed E-state index contributed by atoms with van der Waals surface area (Å²) >= 11 is 0. The van der Waals surface area contributed by atoms with E-state index in [-0.39, 0.29) is 5.56 Å². The molecule has 0 spiro atoms. The van der Waals surface area contributed by atoms with Crippen LogP contribution in [-0.2, 0) is 17.8 Å². The maximum absolute atomic E-state index is 13.0. The van der Waals surface area contributed by atoms with Gasteiger partial charge in [0.05, 0.1) is 18.0 Å². The number of nitrogens with zero attached hydrogens (tertiary/aromatic N) is 3. The number of hydrogen-bond donors (Lipinski definition) is 0. The maximum Gasteiger partial charge on any atom is 0.264 e. The molecule has 3 heterocycles. The summed E-state index contributed by atoms with van der Waals surface area (Å²) in [5.74, 6) is 0. The number of ether oxygens (including phenoxy) is 1. The van der Waals surface area contributed by atoms with Gasteiger partial charge in [-0.3, -0.25) is 9.69 Å². The van der Waals surface area contributed by atoms with Crippen molar-refractivity contribution in [1.82, 2.24) is 14.6 Å². The molecule has 0 amide bonds. The fraction of sp³-hybridized carbons (Fsp3) is 0.429. The highest BCUT2D eigenvalue weighted by Gasteiger charge is 2.17. The molecule has 1 fully saturated rings. The first-order chi connectivity index (χ1) is 13.2. The largest absolute Gasteiger partial charge is 0.383 e. The van der Waals surface area contributed by atoms with Crippen molar-refractivity contribution in [2.75, 3.05) is 26.8 Å². The fourth-order valence-corrected chi connectivity index (χ4v) is 3.82. The lowest BCUT2D eigenvalue weighted by Gasteiger charge is -2.16. The van der Waals surface area contributed by atoms with Gasteiger partial charge in [0.25, 0.3) is 5.56 Å². The Hall–Kier alpha value is -2.44. The van der Waals surface area contributed by atoms with Crippen molar-refractivity contribution >= 4 is 11.0 Å². The Morgan fingerprint density at radius 2 is 1.93 bits per heavy atom.